The molecule has 28 heavy (non-hydrogen) atoms. The Morgan fingerprint density at radius 3 is 2.25 bits per heavy atom. The van der Waals surface area contributed by atoms with Crippen molar-refractivity contribution in [2.45, 2.75) is 12.5 Å². The molecule has 2 unspecified atom stereocenters. The fourth-order valence-corrected chi connectivity index (χ4v) is 2.74. The van der Waals surface area contributed by atoms with Gasteiger partial charge >= 0.3 is 6.03 Å². The van der Waals surface area contributed by atoms with Crippen LogP contribution in [0, 0.1) is 5.92 Å². The molecule has 0 bridgehead atoms. The minimum Gasteiger partial charge on any atom is -0.364 e. The Morgan fingerprint density at radius 2 is 1.64 bits per heavy atom. The second kappa shape index (κ2) is 7.82. The molecule has 3 rings (SSSR count). The number of aromatic nitrogens is 1. The fraction of sp³-hybridized carbons (Fsp3) is 0.222. The molecule has 0 radical (unpaired) electrons. The smallest absolute Gasteiger partial charge is 0.316 e. The van der Waals surface area contributed by atoms with Crippen molar-refractivity contribution in [2.24, 2.45) is 17.4 Å². The van der Waals surface area contributed by atoms with Gasteiger partial charge in [0, 0.05) is 23.8 Å². The molecule has 0 aliphatic heterocycles. The molecule has 1 aliphatic carbocycles. The number of carbonyl (C=O) groups excluding carboxylic acids is 4. The highest BCUT2D eigenvalue weighted by Crippen LogP contribution is 2.29. The summed E-state index contributed by atoms with van der Waals surface area (Å²) in [5.41, 5.74) is 11.5. The quantitative estimate of drug-likeness (QED) is 0.399. The maximum atomic E-state index is 12.2. The van der Waals surface area contributed by atoms with Crippen LogP contribution in [0.5, 0.6) is 0 Å². The molecule has 146 valence electrons. The molecule has 0 spiro atoms. The molecular formula is C18H20N6O4. The minimum absolute atomic E-state index is 0.0460. The average molecular weight is 384 g/mol. The molecular weight excluding hydrogens is 364 g/mol. The lowest BCUT2D eigenvalue weighted by Crippen LogP contribution is -2.31. The Hall–Kier alpha value is -3.82. The maximum absolute atomic E-state index is 12.2. The fourth-order valence-electron chi connectivity index (χ4n) is 2.74. The first kappa shape index (κ1) is 19.0. The molecule has 1 aromatic carbocycles. The Labute approximate surface area is 160 Å². The Balaban J connectivity index is 1.43. The Morgan fingerprint density at radius 1 is 0.964 bits per heavy atom. The first-order valence-electron chi connectivity index (χ1n) is 8.58. The number of anilines is 1. The SMILES string of the molecule is NC(=O)Nc1ccc(C(=O)NCC2CC2NC(=O)c2ccc(C(N)=O)[nH]2)cc1. The largest absolute Gasteiger partial charge is 0.364 e. The lowest BCUT2D eigenvalue weighted by atomic mass is 10.2. The van der Waals surface area contributed by atoms with Crippen molar-refractivity contribution >= 4 is 29.4 Å². The highest BCUT2D eigenvalue weighted by Gasteiger charge is 2.38. The van der Waals surface area contributed by atoms with Gasteiger partial charge in [0.1, 0.15) is 11.4 Å². The summed E-state index contributed by atoms with van der Waals surface area (Å²) in [7, 11) is 0. The minimum atomic E-state index is -0.677. The maximum Gasteiger partial charge on any atom is 0.316 e. The van der Waals surface area contributed by atoms with E-state index in [1.54, 1.807) is 24.3 Å². The van der Waals surface area contributed by atoms with Crippen LogP contribution in [0.2, 0.25) is 0 Å². The van der Waals surface area contributed by atoms with E-state index < -0.39 is 11.9 Å². The van der Waals surface area contributed by atoms with E-state index in [1.165, 1.54) is 12.1 Å². The Kier molecular flexibility index (Phi) is 5.30. The van der Waals surface area contributed by atoms with Crippen molar-refractivity contribution in [2.75, 3.05) is 11.9 Å². The molecule has 1 fully saturated rings. The van der Waals surface area contributed by atoms with E-state index in [2.05, 4.69) is 20.9 Å². The van der Waals surface area contributed by atoms with Crippen molar-refractivity contribution in [1.29, 1.82) is 0 Å². The summed E-state index contributed by atoms with van der Waals surface area (Å²) in [6, 6.07) is 8.53. The van der Waals surface area contributed by atoms with Gasteiger partial charge in [-0.1, -0.05) is 0 Å². The molecule has 1 heterocycles. The monoisotopic (exact) mass is 384 g/mol. The van der Waals surface area contributed by atoms with E-state index in [4.69, 9.17) is 11.5 Å². The zero-order valence-electron chi connectivity index (χ0n) is 14.8. The third kappa shape index (κ3) is 4.67. The van der Waals surface area contributed by atoms with Gasteiger partial charge in [-0.05, 0) is 48.7 Å². The zero-order chi connectivity index (χ0) is 20.3. The van der Waals surface area contributed by atoms with Crippen LogP contribution in [-0.2, 0) is 0 Å². The predicted octanol–water partition coefficient (Wildman–Crippen LogP) is 0.152. The summed E-state index contributed by atoms with van der Waals surface area (Å²) in [5.74, 6) is -1.08. The number of hydrogen-bond acceptors (Lipinski definition) is 4. The highest BCUT2D eigenvalue weighted by atomic mass is 16.2. The number of nitrogens with one attached hydrogen (secondary N) is 4. The van der Waals surface area contributed by atoms with Crippen molar-refractivity contribution in [3.63, 3.8) is 0 Å². The van der Waals surface area contributed by atoms with Gasteiger partial charge in [-0.15, -0.1) is 0 Å². The number of urea groups is 1. The van der Waals surface area contributed by atoms with E-state index >= 15 is 0 Å². The summed E-state index contributed by atoms with van der Waals surface area (Å²) >= 11 is 0. The molecule has 5 amide bonds. The van der Waals surface area contributed by atoms with Crippen LogP contribution in [-0.4, -0.2) is 41.3 Å². The van der Waals surface area contributed by atoms with E-state index in [-0.39, 0.29) is 35.2 Å². The summed E-state index contributed by atoms with van der Waals surface area (Å²) in [6.07, 6.45) is 0.747. The molecule has 10 nitrogen and oxygen atoms in total. The molecule has 1 aliphatic rings. The van der Waals surface area contributed by atoms with Gasteiger partial charge in [-0.2, -0.15) is 0 Å². The number of amides is 5. The predicted molar refractivity (Wildman–Crippen MR) is 101 cm³/mol. The van der Waals surface area contributed by atoms with Crippen LogP contribution in [0.1, 0.15) is 37.8 Å². The van der Waals surface area contributed by atoms with E-state index in [0.29, 0.717) is 17.8 Å². The lowest BCUT2D eigenvalue weighted by molar-refractivity contribution is 0.0944. The van der Waals surface area contributed by atoms with Crippen LogP contribution in [0.25, 0.3) is 0 Å². The third-order valence-corrected chi connectivity index (χ3v) is 4.37. The van der Waals surface area contributed by atoms with E-state index in [9.17, 15) is 19.2 Å². The number of primary amides is 2. The lowest BCUT2D eigenvalue weighted by Gasteiger charge is -2.07. The van der Waals surface area contributed by atoms with Crippen LogP contribution < -0.4 is 27.4 Å². The number of rotatable bonds is 7. The molecule has 8 N–H and O–H groups in total. The molecule has 10 heteroatoms. The standard InChI is InChI=1S/C18H20N6O4/c19-15(25)12-5-6-13(23-12)17(27)24-14-7-10(14)8-21-16(26)9-1-3-11(4-2-9)22-18(20)28/h1-6,10,14,23H,7-8H2,(H2,19,25)(H,21,26)(H,24,27)(H3,20,22,28). The van der Waals surface area contributed by atoms with Crippen molar-refractivity contribution < 1.29 is 19.2 Å². The molecule has 0 saturated heterocycles. The molecule has 2 aromatic rings. The van der Waals surface area contributed by atoms with Crippen LogP contribution >= 0.6 is 0 Å². The molecule has 1 aromatic heterocycles. The van der Waals surface area contributed by atoms with Crippen LogP contribution in [0.3, 0.4) is 0 Å². The van der Waals surface area contributed by atoms with Gasteiger partial charge in [0.15, 0.2) is 0 Å². The van der Waals surface area contributed by atoms with Gasteiger partial charge in [-0.25, -0.2) is 4.79 Å². The highest BCUT2D eigenvalue weighted by molar-refractivity contribution is 5.97. The van der Waals surface area contributed by atoms with Gasteiger partial charge in [0.2, 0.25) is 0 Å². The normalized spacial score (nSPS) is 17.4. The second-order valence-corrected chi connectivity index (χ2v) is 6.50. The molecule has 1 saturated carbocycles. The van der Waals surface area contributed by atoms with Gasteiger partial charge in [0.05, 0.1) is 0 Å². The number of carbonyl (C=O) groups is 4. The zero-order valence-corrected chi connectivity index (χ0v) is 14.8. The molecule has 2 atom stereocenters. The second-order valence-electron chi connectivity index (χ2n) is 6.50. The summed E-state index contributed by atoms with van der Waals surface area (Å²) in [6.45, 7) is 0.419. The first-order valence-corrected chi connectivity index (χ1v) is 8.58. The summed E-state index contributed by atoms with van der Waals surface area (Å²) < 4.78 is 0. The van der Waals surface area contributed by atoms with Crippen molar-refractivity contribution in [3.8, 4) is 0 Å². The van der Waals surface area contributed by atoms with Crippen molar-refractivity contribution in [3.05, 3.63) is 53.3 Å². The number of aromatic amines is 1. The first-order chi connectivity index (χ1) is 13.3. The van der Waals surface area contributed by atoms with Gasteiger partial charge < -0.3 is 32.4 Å². The van der Waals surface area contributed by atoms with Crippen LogP contribution in [0.15, 0.2) is 36.4 Å². The summed E-state index contributed by atoms with van der Waals surface area (Å²) in [4.78, 5) is 48.8. The number of benzene rings is 1. The average Bonchev–Trinajstić information content (AvgIpc) is 3.17. The van der Waals surface area contributed by atoms with E-state index in [0.717, 1.165) is 6.42 Å². The number of nitrogens with two attached hydrogens (primary N) is 2. The Bertz CT molecular complexity index is 920. The number of hydrogen-bond donors (Lipinski definition) is 6. The van der Waals surface area contributed by atoms with Gasteiger partial charge in [-0.3, -0.25) is 14.4 Å². The van der Waals surface area contributed by atoms with E-state index in [1.807, 2.05) is 0 Å². The van der Waals surface area contributed by atoms with Gasteiger partial charge in [0.25, 0.3) is 17.7 Å². The third-order valence-electron chi connectivity index (χ3n) is 4.37. The van der Waals surface area contributed by atoms with Crippen molar-refractivity contribution in [1.82, 2.24) is 15.6 Å². The number of H-pyrrole nitrogens is 1. The summed E-state index contributed by atoms with van der Waals surface area (Å²) in [5, 5.41) is 8.06. The van der Waals surface area contributed by atoms with Crippen LogP contribution in [0.4, 0.5) is 10.5 Å². The topological polar surface area (TPSA) is 172 Å².